The lowest BCUT2D eigenvalue weighted by atomic mass is 9.88. The van der Waals surface area contributed by atoms with Crippen LogP contribution in [-0.2, 0) is 16.9 Å². The Morgan fingerprint density at radius 2 is 1.80 bits per heavy atom. The van der Waals surface area contributed by atoms with Crippen molar-refractivity contribution in [3.63, 3.8) is 0 Å². The van der Waals surface area contributed by atoms with Crippen LogP contribution in [0.1, 0.15) is 12.5 Å². The molecule has 1 aliphatic heterocycles. The number of pyridine rings is 1. The van der Waals surface area contributed by atoms with E-state index in [1.807, 2.05) is 42.5 Å². The number of hydrogen-bond donors (Lipinski definition) is 3. The van der Waals surface area contributed by atoms with Crippen molar-refractivity contribution < 1.29 is 19.4 Å². The summed E-state index contributed by atoms with van der Waals surface area (Å²) in [4.78, 5) is 29.3. The summed E-state index contributed by atoms with van der Waals surface area (Å²) in [6.07, 6.45) is 5.16. The molecule has 1 saturated heterocycles. The second-order valence-electron chi connectivity index (χ2n) is 8.17. The van der Waals surface area contributed by atoms with Crippen LogP contribution in [0.5, 0.6) is 11.6 Å². The first-order chi connectivity index (χ1) is 17.0. The molecule has 1 atom stereocenters. The lowest BCUT2D eigenvalue weighted by Crippen LogP contribution is -2.47. The van der Waals surface area contributed by atoms with Gasteiger partial charge in [-0.1, -0.05) is 30.2 Å². The zero-order chi connectivity index (χ0) is 24.4. The third kappa shape index (κ3) is 4.04. The van der Waals surface area contributed by atoms with Crippen molar-refractivity contribution in [2.75, 3.05) is 6.61 Å². The molecule has 3 amide bonds. The maximum atomic E-state index is 13.1. The third-order valence-corrected chi connectivity index (χ3v) is 6.06. The molecule has 3 heterocycles. The maximum absolute atomic E-state index is 13.1. The molecule has 1 fully saturated rings. The first kappa shape index (κ1) is 22.0. The van der Waals surface area contributed by atoms with E-state index in [4.69, 9.17) is 4.74 Å². The molecule has 0 radical (unpaired) electrons. The van der Waals surface area contributed by atoms with Crippen molar-refractivity contribution in [3.8, 4) is 34.6 Å². The van der Waals surface area contributed by atoms with E-state index in [0.717, 1.165) is 16.5 Å². The van der Waals surface area contributed by atoms with Crippen LogP contribution in [0.25, 0.3) is 21.9 Å². The number of rotatable bonds is 6. The number of benzene rings is 2. The van der Waals surface area contributed by atoms with E-state index in [9.17, 15) is 14.7 Å². The Hall–Kier alpha value is -4.77. The zero-order valence-corrected chi connectivity index (χ0v) is 18.9. The average Bonchev–Trinajstić information content (AvgIpc) is 3.34. The number of urea groups is 1. The van der Waals surface area contributed by atoms with Gasteiger partial charge in [0.2, 0.25) is 0 Å². The number of nitrogens with zero attached hydrogens (tertiary/aromatic N) is 2. The first-order valence-electron chi connectivity index (χ1n) is 11.0. The molecule has 4 aromatic rings. The Bertz CT molecular complexity index is 1480. The SMILES string of the molecule is CC#CCOc1ccc2cn(C[C@@]3(c4ccc(-c5ccncc5)cc4)NC(=O)NC3=O)c(O)c2c1. The number of ether oxygens (including phenoxy) is 1. The van der Waals surface area contributed by atoms with Crippen molar-refractivity contribution in [1.29, 1.82) is 0 Å². The molecule has 1 aliphatic rings. The second-order valence-corrected chi connectivity index (χ2v) is 8.17. The number of carbonyl (C=O) groups is 2. The van der Waals surface area contributed by atoms with Gasteiger partial charge in [-0.3, -0.25) is 15.1 Å². The van der Waals surface area contributed by atoms with E-state index in [1.54, 1.807) is 42.2 Å². The standard InChI is InChI=1S/C27H22N4O4/c1-2-3-14-35-22-9-6-20-16-31(24(32)23(20)15-22)17-27(25(33)29-26(34)30-27)21-7-4-18(5-8-21)19-10-12-28-13-11-19/h4-13,15-16,32H,14,17H2,1H3,(H2,29,30,33,34)/t27-/m0/s1. The van der Waals surface area contributed by atoms with E-state index >= 15 is 0 Å². The summed E-state index contributed by atoms with van der Waals surface area (Å²) in [7, 11) is 0. The van der Waals surface area contributed by atoms with Gasteiger partial charge in [-0.15, -0.1) is 5.92 Å². The molecule has 8 heteroatoms. The summed E-state index contributed by atoms with van der Waals surface area (Å²) < 4.78 is 7.16. The molecule has 5 rings (SSSR count). The van der Waals surface area contributed by atoms with E-state index < -0.39 is 17.5 Å². The Morgan fingerprint density at radius 1 is 1.06 bits per heavy atom. The molecular weight excluding hydrogens is 444 g/mol. The molecule has 35 heavy (non-hydrogen) atoms. The fourth-order valence-electron chi connectivity index (χ4n) is 4.27. The summed E-state index contributed by atoms with van der Waals surface area (Å²) >= 11 is 0. The molecule has 0 aliphatic carbocycles. The molecule has 8 nitrogen and oxygen atoms in total. The van der Waals surface area contributed by atoms with Crippen molar-refractivity contribution in [1.82, 2.24) is 20.2 Å². The third-order valence-electron chi connectivity index (χ3n) is 6.06. The fourth-order valence-corrected chi connectivity index (χ4v) is 4.27. The highest BCUT2D eigenvalue weighted by Crippen LogP contribution is 2.35. The van der Waals surface area contributed by atoms with Crippen LogP contribution in [0.15, 0.2) is 73.2 Å². The molecule has 174 valence electrons. The molecule has 3 N–H and O–H groups in total. The monoisotopic (exact) mass is 466 g/mol. The van der Waals surface area contributed by atoms with Crippen LogP contribution in [0.3, 0.4) is 0 Å². The van der Waals surface area contributed by atoms with Crippen molar-refractivity contribution in [2.45, 2.75) is 19.0 Å². The second kappa shape index (κ2) is 8.88. The van der Waals surface area contributed by atoms with Gasteiger partial charge in [0.25, 0.3) is 5.91 Å². The predicted molar refractivity (Wildman–Crippen MR) is 131 cm³/mol. The quantitative estimate of drug-likeness (QED) is 0.298. The number of hydrogen-bond acceptors (Lipinski definition) is 5. The minimum atomic E-state index is -1.39. The summed E-state index contributed by atoms with van der Waals surface area (Å²) in [5.41, 5.74) is 1.14. The van der Waals surface area contributed by atoms with Crippen LogP contribution in [0.4, 0.5) is 4.79 Å². The molecule has 0 unspecified atom stereocenters. The van der Waals surface area contributed by atoms with Crippen LogP contribution >= 0.6 is 0 Å². The lowest BCUT2D eigenvalue weighted by Gasteiger charge is -2.27. The minimum absolute atomic E-state index is 0.00279. The highest BCUT2D eigenvalue weighted by atomic mass is 16.5. The molecule has 0 saturated carbocycles. The van der Waals surface area contributed by atoms with Gasteiger partial charge in [-0.25, -0.2) is 4.79 Å². The van der Waals surface area contributed by atoms with Crippen LogP contribution in [0.2, 0.25) is 0 Å². The molecular formula is C27H22N4O4. The Labute approximate surface area is 201 Å². The molecule has 0 bridgehead atoms. The fraction of sp³-hybridized carbons (Fsp3) is 0.148. The van der Waals surface area contributed by atoms with Gasteiger partial charge in [0.15, 0.2) is 11.4 Å². The maximum Gasteiger partial charge on any atom is 0.322 e. The Morgan fingerprint density at radius 3 is 2.49 bits per heavy atom. The Kier molecular flexibility index (Phi) is 5.59. The van der Waals surface area contributed by atoms with Gasteiger partial charge in [-0.2, -0.15) is 0 Å². The van der Waals surface area contributed by atoms with E-state index in [-0.39, 0.29) is 19.0 Å². The minimum Gasteiger partial charge on any atom is -0.494 e. The number of imide groups is 1. The van der Waals surface area contributed by atoms with Crippen LogP contribution in [-0.4, -0.2) is 33.2 Å². The van der Waals surface area contributed by atoms with Crippen molar-refractivity contribution in [3.05, 3.63) is 78.8 Å². The van der Waals surface area contributed by atoms with E-state index in [0.29, 0.717) is 16.7 Å². The van der Waals surface area contributed by atoms with Crippen molar-refractivity contribution in [2.24, 2.45) is 0 Å². The largest absolute Gasteiger partial charge is 0.494 e. The van der Waals surface area contributed by atoms with Gasteiger partial charge in [0, 0.05) is 29.4 Å². The molecule has 2 aromatic carbocycles. The number of carbonyl (C=O) groups excluding carboxylic acids is 2. The summed E-state index contributed by atoms with van der Waals surface area (Å²) in [6.45, 7) is 1.98. The predicted octanol–water partition coefficient (Wildman–Crippen LogP) is 3.55. The first-order valence-corrected chi connectivity index (χ1v) is 11.0. The number of aromatic hydroxyl groups is 1. The zero-order valence-electron chi connectivity index (χ0n) is 18.9. The summed E-state index contributed by atoms with van der Waals surface area (Å²) in [5.74, 6) is 5.65. The van der Waals surface area contributed by atoms with Crippen LogP contribution < -0.4 is 15.4 Å². The normalized spacial score (nSPS) is 16.9. The van der Waals surface area contributed by atoms with Gasteiger partial charge < -0.3 is 19.7 Å². The lowest BCUT2D eigenvalue weighted by molar-refractivity contribution is -0.124. The van der Waals surface area contributed by atoms with Crippen LogP contribution in [0, 0.1) is 11.8 Å². The van der Waals surface area contributed by atoms with Gasteiger partial charge in [0.05, 0.1) is 6.54 Å². The number of aromatic nitrogens is 2. The number of amides is 3. The number of nitrogens with one attached hydrogen (secondary N) is 2. The van der Waals surface area contributed by atoms with Gasteiger partial charge in [-0.05, 0) is 53.9 Å². The van der Waals surface area contributed by atoms with E-state index in [2.05, 4.69) is 27.5 Å². The highest BCUT2D eigenvalue weighted by molar-refractivity contribution is 6.07. The summed E-state index contributed by atoms with van der Waals surface area (Å²) in [6, 6.07) is 15.9. The molecule has 2 aromatic heterocycles. The van der Waals surface area contributed by atoms with Crippen molar-refractivity contribution >= 4 is 22.7 Å². The highest BCUT2D eigenvalue weighted by Gasteiger charge is 2.48. The molecule has 0 spiro atoms. The van der Waals surface area contributed by atoms with E-state index in [1.165, 1.54) is 0 Å². The number of fused-ring (bicyclic) bond motifs is 1. The summed E-state index contributed by atoms with van der Waals surface area (Å²) in [5, 5.41) is 17.4. The van der Waals surface area contributed by atoms with Gasteiger partial charge >= 0.3 is 6.03 Å². The van der Waals surface area contributed by atoms with Gasteiger partial charge in [0.1, 0.15) is 12.4 Å². The smallest absolute Gasteiger partial charge is 0.322 e. The Balaban J connectivity index is 1.51. The topological polar surface area (TPSA) is 105 Å². The average molecular weight is 466 g/mol.